The van der Waals surface area contributed by atoms with Gasteiger partial charge in [0.2, 0.25) is 0 Å². The number of likely N-dealkylation sites (tertiary alicyclic amines) is 1. The quantitative estimate of drug-likeness (QED) is 0.818. The highest BCUT2D eigenvalue weighted by molar-refractivity contribution is 4.89. The van der Waals surface area contributed by atoms with E-state index < -0.39 is 0 Å². The lowest BCUT2D eigenvalue weighted by atomic mass is 9.81. The predicted molar refractivity (Wildman–Crippen MR) is 74.0 cm³/mol. The van der Waals surface area contributed by atoms with Gasteiger partial charge in [0.15, 0.2) is 0 Å². The Hall–Kier alpha value is -0.0800. The van der Waals surface area contributed by atoms with Crippen molar-refractivity contribution in [3.8, 4) is 0 Å². The smallest absolute Gasteiger partial charge is 0.0247 e. The fourth-order valence-electron chi connectivity index (χ4n) is 3.93. The minimum atomic E-state index is 0.345. The molecule has 17 heavy (non-hydrogen) atoms. The Labute approximate surface area is 107 Å². The van der Waals surface area contributed by atoms with E-state index in [0.717, 1.165) is 12.0 Å². The molecule has 0 radical (unpaired) electrons. The van der Waals surface area contributed by atoms with Crippen molar-refractivity contribution < 1.29 is 0 Å². The Kier molecular flexibility index (Phi) is 4.87. The molecule has 2 aliphatic rings. The van der Waals surface area contributed by atoms with Crippen LogP contribution >= 0.6 is 0 Å². The molecule has 2 N–H and O–H groups in total. The predicted octanol–water partition coefficient (Wildman–Crippen LogP) is 3.16. The minimum Gasteiger partial charge on any atom is -0.327 e. The lowest BCUT2D eigenvalue weighted by Gasteiger charge is -2.45. The van der Waals surface area contributed by atoms with E-state index in [0.29, 0.717) is 12.1 Å². The topological polar surface area (TPSA) is 29.3 Å². The Morgan fingerprint density at radius 2 is 2.00 bits per heavy atom. The van der Waals surface area contributed by atoms with Crippen LogP contribution in [0.1, 0.15) is 65.2 Å². The van der Waals surface area contributed by atoms with E-state index in [1.807, 2.05) is 0 Å². The van der Waals surface area contributed by atoms with Gasteiger partial charge in [-0.1, -0.05) is 32.6 Å². The van der Waals surface area contributed by atoms with Gasteiger partial charge in [-0.3, -0.25) is 4.90 Å². The summed E-state index contributed by atoms with van der Waals surface area (Å²) in [6, 6.07) is 1.84. The molecule has 0 aromatic rings. The summed E-state index contributed by atoms with van der Waals surface area (Å²) in [5.74, 6) is 0.976. The molecule has 1 saturated heterocycles. The van der Waals surface area contributed by atoms with Crippen molar-refractivity contribution in [1.82, 2.24) is 4.90 Å². The highest BCUT2D eigenvalue weighted by Gasteiger charge is 2.33. The standard InChI is InChI=1S/C15H30N2/c1-3-13-7-6-8-14(11-13)17-10-5-4-9-15(17)12(2)16/h12-15H,3-11,16H2,1-2H3. The monoisotopic (exact) mass is 238 g/mol. The second-order valence-electron chi connectivity index (χ2n) is 6.25. The molecular formula is C15H30N2. The summed E-state index contributed by atoms with van der Waals surface area (Å²) in [6.45, 7) is 5.85. The third-order valence-corrected chi connectivity index (χ3v) is 5.00. The molecule has 0 aromatic heterocycles. The maximum atomic E-state index is 6.19. The van der Waals surface area contributed by atoms with Crippen molar-refractivity contribution in [3.63, 3.8) is 0 Å². The normalized spacial score (nSPS) is 37.9. The lowest BCUT2D eigenvalue weighted by molar-refractivity contribution is 0.0480. The molecular weight excluding hydrogens is 208 g/mol. The van der Waals surface area contributed by atoms with E-state index in [-0.39, 0.29) is 0 Å². The van der Waals surface area contributed by atoms with Crippen LogP contribution in [0.2, 0.25) is 0 Å². The molecule has 4 unspecified atom stereocenters. The second kappa shape index (κ2) is 6.19. The van der Waals surface area contributed by atoms with Gasteiger partial charge >= 0.3 is 0 Å². The summed E-state index contributed by atoms with van der Waals surface area (Å²) < 4.78 is 0. The van der Waals surface area contributed by atoms with Crippen LogP contribution < -0.4 is 5.73 Å². The zero-order valence-electron chi connectivity index (χ0n) is 11.7. The van der Waals surface area contributed by atoms with E-state index >= 15 is 0 Å². The van der Waals surface area contributed by atoms with E-state index in [4.69, 9.17) is 5.73 Å². The molecule has 100 valence electrons. The first-order valence-electron chi connectivity index (χ1n) is 7.73. The zero-order valence-corrected chi connectivity index (χ0v) is 11.7. The molecule has 1 aliphatic carbocycles. The zero-order chi connectivity index (χ0) is 12.3. The summed E-state index contributed by atoms with van der Waals surface area (Å²) in [5, 5.41) is 0. The first-order valence-corrected chi connectivity index (χ1v) is 7.73. The van der Waals surface area contributed by atoms with Gasteiger partial charge in [-0.2, -0.15) is 0 Å². The first-order chi connectivity index (χ1) is 8.22. The van der Waals surface area contributed by atoms with E-state index in [2.05, 4.69) is 18.7 Å². The van der Waals surface area contributed by atoms with Gasteiger partial charge in [0.1, 0.15) is 0 Å². The first kappa shape index (κ1) is 13.4. The number of hydrogen-bond acceptors (Lipinski definition) is 2. The molecule has 1 saturated carbocycles. The van der Waals surface area contributed by atoms with Gasteiger partial charge in [0.05, 0.1) is 0 Å². The van der Waals surface area contributed by atoms with Crippen molar-refractivity contribution in [3.05, 3.63) is 0 Å². The van der Waals surface area contributed by atoms with Crippen LogP contribution in [0.5, 0.6) is 0 Å². The van der Waals surface area contributed by atoms with Crippen LogP contribution in [-0.4, -0.2) is 29.6 Å². The summed E-state index contributed by atoms with van der Waals surface area (Å²) in [6.07, 6.45) is 11.2. The molecule has 0 spiro atoms. The van der Waals surface area contributed by atoms with Crippen LogP contribution in [-0.2, 0) is 0 Å². The lowest BCUT2D eigenvalue weighted by Crippen LogP contribution is -2.54. The van der Waals surface area contributed by atoms with E-state index in [1.54, 1.807) is 0 Å². The molecule has 2 heteroatoms. The number of hydrogen-bond donors (Lipinski definition) is 1. The summed E-state index contributed by atoms with van der Waals surface area (Å²) in [7, 11) is 0. The van der Waals surface area contributed by atoms with Crippen LogP contribution in [0.15, 0.2) is 0 Å². The Morgan fingerprint density at radius 3 is 2.71 bits per heavy atom. The Bertz CT molecular complexity index is 227. The molecule has 1 heterocycles. The van der Waals surface area contributed by atoms with Gasteiger partial charge in [-0.15, -0.1) is 0 Å². The molecule has 0 bridgehead atoms. The van der Waals surface area contributed by atoms with Crippen LogP contribution in [0.4, 0.5) is 0 Å². The molecule has 4 atom stereocenters. The maximum absolute atomic E-state index is 6.19. The molecule has 0 aromatic carbocycles. The second-order valence-corrected chi connectivity index (χ2v) is 6.25. The fourth-order valence-corrected chi connectivity index (χ4v) is 3.93. The van der Waals surface area contributed by atoms with Crippen LogP contribution in [0, 0.1) is 5.92 Å². The molecule has 2 fully saturated rings. The van der Waals surface area contributed by atoms with Crippen molar-refractivity contribution in [2.24, 2.45) is 11.7 Å². The molecule has 1 aliphatic heterocycles. The van der Waals surface area contributed by atoms with Crippen molar-refractivity contribution in [2.45, 2.75) is 83.3 Å². The van der Waals surface area contributed by atoms with Crippen molar-refractivity contribution in [1.29, 1.82) is 0 Å². The maximum Gasteiger partial charge on any atom is 0.0247 e. The fraction of sp³-hybridized carbons (Fsp3) is 1.00. The number of rotatable bonds is 3. The molecule has 2 rings (SSSR count). The number of nitrogens with two attached hydrogens (primary N) is 1. The minimum absolute atomic E-state index is 0.345. The Balaban J connectivity index is 1.98. The third-order valence-electron chi connectivity index (χ3n) is 5.00. The van der Waals surface area contributed by atoms with E-state index in [9.17, 15) is 0 Å². The van der Waals surface area contributed by atoms with Gasteiger partial charge in [-0.25, -0.2) is 0 Å². The molecule has 0 amide bonds. The van der Waals surface area contributed by atoms with Crippen molar-refractivity contribution in [2.75, 3.05) is 6.54 Å². The third kappa shape index (κ3) is 3.23. The van der Waals surface area contributed by atoms with Gasteiger partial charge in [0, 0.05) is 18.1 Å². The van der Waals surface area contributed by atoms with Crippen LogP contribution in [0.25, 0.3) is 0 Å². The highest BCUT2D eigenvalue weighted by atomic mass is 15.2. The van der Waals surface area contributed by atoms with Gasteiger partial charge < -0.3 is 5.73 Å². The highest BCUT2D eigenvalue weighted by Crippen LogP contribution is 2.33. The Morgan fingerprint density at radius 1 is 1.18 bits per heavy atom. The summed E-state index contributed by atoms with van der Waals surface area (Å²) >= 11 is 0. The average Bonchev–Trinajstić information content (AvgIpc) is 2.39. The van der Waals surface area contributed by atoms with Crippen molar-refractivity contribution >= 4 is 0 Å². The largest absolute Gasteiger partial charge is 0.327 e. The van der Waals surface area contributed by atoms with Gasteiger partial charge in [-0.05, 0) is 45.1 Å². The number of piperidine rings is 1. The SMILES string of the molecule is CCC1CCCC(N2CCCCC2C(C)N)C1. The average molecular weight is 238 g/mol. The summed E-state index contributed by atoms with van der Waals surface area (Å²) in [5.41, 5.74) is 6.19. The molecule has 2 nitrogen and oxygen atoms in total. The summed E-state index contributed by atoms with van der Waals surface area (Å²) in [4.78, 5) is 2.77. The number of nitrogens with zero attached hydrogens (tertiary/aromatic N) is 1. The van der Waals surface area contributed by atoms with E-state index in [1.165, 1.54) is 57.9 Å². The van der Waals surface area contributed by atoms with Gasteiger partial charge in [0.25, 0.3) is 0 Å². The van der Waals surface area contributed by atoms with Crippen LogP contribution in [0.3, 0.4) is 0 Å².